The van der Waals surface area contributed by atoms with E-state index in [0.717, 1.165) is 18.4 Å². The first-order valence-corrected chi connectivity index (χ1v) is 15.4. The minimum absolute atomic E-state index is 0.130. The first kappa shape index (κ1) is 29.5. The molecule has 2 aromatic carbocycles. The molecule has 3 amide bonds. The van der Waals surface area contributed by atoms with Gasteiger partial charge in [-0.1, -0.05) is 59.1 Å². The monoisotopic (exact) mass is 627 g/mol. The van der Waals surface area contributed by atoms with Crippen LogP contribution in [0.5, 0.6) is 5.75 Å². The van der Waals surface area contributed by atoms with Crippen LogP contribution in [0.4, 0.5) is 5.69 Å². The number of unbranched alkanes of at least 4 members (excludes halogenated alkanes) is 3. The van der Waals surface area contributed by atoms with Crippen LogP contribution in [0, 0.1) is 11.8 Å². The third-order valence-corrected chi connectivity index (χ3v) is 9.23. The fraction of sp³-hybridized carbons (Fsp3) is 0.516. The van der Waals surface area contributed by atoms with Crippen LogP contribution in [0.15, 0.2) is 54.6 Å². The molecular weight excluding hydrogens is 590 g/mol. The molecule has 3 aliphatic heterocycles. The summed E-state index contributed by atoms with van der Waals surface area (Å²) in [6.07, 6.45) is 3.00. The van der Waals surface area contributed by atoms with Crippen LogP contribution in [0.2, 0.25) is 0 Å². The number of nitrogens with one attached hydrogen (secondary N) is 2. The van der Waals surface area contributed by atoms with E-state index >= 15 is 0 Å². The van der Waals surface area contributed by atoms with E-state index in [1.807, 2.05) is 37.3 Å². The van der Waals surface area contributed by atoms with Gasteiger partial charge in [-0.2, -0.15) is 0 Å². The first-order chi connectivity index (χ1) is 19.9. The quantitative estimate of drug-likeness (QED) is 0.231. The maximum atomic E-state index is 14.1. The average molecular weight is 629 g/mol. The van der Waals surface area contributed by atoms with Gasteiger partial charge in [-0.15, -0.1) is 0 Å². The molecular formula is C31H38BrN3O6. The highest BCUT2D eigenvalue weighted by Crippen LogP contribution is 2.60. The fourth-order valence-corrected chi connectivity index (χ4v) is 7.57. The van der Waals surface area contributed by atoms with E-state index in [2.05, 4.69) is 26.6 Å². The summed E-state index contributed by atoms with van der Waals surface area (Å²) in [5.74, 6) is -1.56. The Labute approximate surface area is 249 Å². The van der Waals surface area contributed by atoms with Gasteiger partial charge in [-0.25, -0.2) is 0 Å². The first-order valence-electron chi connectivity index (χ1n) is 14.5. The summed E-state index contributed by atoms with van der Waals surface area (Å²) in [5, 5.41) is 15.1. The maximum absolute atomic E-state index is 14.1. The molecule has 3 heterocycles. The van der Waals surface area contributed by atoms with Crippen molar-refractivity contribution in [2.24, 2.45) is 11.8 Å². The second-order valence-corrected chi connectivity index (χ2v) is 12.2. The highest BCUT2D eigenvalue weighted by molar-refractivity contribution is 9.09. The lowest BCUT2D eigenvalue weighted by atomic mass is 9.70. The number of fused-ring (bicyclic) bond motifs is 1. The lowest BCUT2D eigenvalue weighted by Crippen LogP contribution is -2.55. The molecule has 1 spiro atoms. The van der Waals surface area contributed by atoms with Crippen LogP contribution >= 0.6 is 15.9 Å². The molecule has 0 aliphatic carbocycles. The number of amides is 3. The maximum Gasteiger partial charge on any atom is 0.246 e. The molecule has 3 unspecified atom stereocenters. The van der Waals surface area contributed by atoms with E-state index in [1.54, 1.807) is 29.2 Å². The summed E-state index contributed by atoms with van der Waals surface area (Å²) in [4.78, 5) is 43.1. The number of hydrogen-bond donors (Lipinski definition) is 3. The van der Waals surface area contributed by atoms with Crippen molar-refractivity contribution in [2.75, 3.05) is 25.1 Å². The van der Waals surface area contributed by atoms with Crippen molar-refractivity contribution in [1.29, 1.82) is 0 Å². The Morgan fingerprint density at radius 1 is 1.07 bits per heavy atom. The Morgan fingerprint density at radius 2 is 1.80 bits per heavy atom. The van der Waals surface area contributed by atoms with Crippen LogP contribution in [0.1, 0.15) is 44.6 Å². The topological polar surface area (TPSA) is 117 Å². The molecule has 3 N–H and O–H groups in total. The molecule has 3 aliphatic rings. The van der Waals surface area contributed by atoms with Crippen LogP contribution in [0.3, 0.4) is 0 Å². The zero-order chi connectivity index (χ0) is 29.0. The number of rotatable bonds is 13. The third-order valence-electron chi connectivity index (χ3n) is 8.39. The fourth-order valence-electron chi connectivity index (χ4n) is 6.63. The van der Waals surface area contributed by atoms with Gasteiger partial charge in [0, 0.05) is 30.2 Å². The standard InChI is InChI=1S/C31H38BrN3O6/c1-2-40-22-14-12-21(13-15-22)34-28(37)24-25-30(39)35(16-8-3-4-9-17-36)27(31(25)18-23(32)26(24)41-31)29(38)33-19-20-10-6-5-7-11-20/h5-7,10-15,23-27,36H,2-4,8-9,16-19H2,1H3,(H,33,38)(H,34,37)/t23?,24-,25-,26-,27?,31?/m0/s1. The van der Waals surface area contributed by atoms with Crippen molar-refractivity contribution in [3.8, 4) is 5.75 Å². The van der Waals surface area contributed by atoms with Crippen molar-refractivity contribution < 1.29 is 29.0 Å². The van der Waals surface area contributed by atoms with Gasteiger partial charge in [0.2, 0.25) is 17.7 Å². The van der Waals surface area contributed by atoms with Gasteiger partial charge in [0.15, 0.2) is 0 Å². The molecule has 3 saturated heterocycles. The number of anilines is 1. The van der Waals surface area contributed by atoms with E-state index in [9.17, 15) is 14.4 Å². The van der Waals surface area contributed by atoms with Gasteiger partial charge in [0.25, 0.3) is 0 Å². The minimum Gasteiger partial charge on any atom is -0.494 e. The Bertz CT molecular complexity index is 1230. The average Bonchev–Trinajstić information content (AvgIpc) is 3.56. The van der Waals surface area contributed by atoms with Crippen molar-refractivity contribution in [3.63, 3.8) is 0 Å². The Balaban J connectivity index is 1.38. The zero-order valence-electron chi connectivity index (χ0n) is 23.3. The van der Waals surface area contributed by atoms with Crippen molar-refractivity contribution >= 4 is 39.3 Å². The van der Waals surface area contributed by atoms with Crippen LogP contribution in [0.25, 0.3) is 0 Å². The number of carbonyl (C=O) groups excluding carboxylic acids is 3. The van der Waals surface area contributed by atoms with E-state index in [-0.39, 0.29) is 29.2 Å². The normalized spacial score (nSPS) is 28.0. The number of hydrogen-bond acceptors (Lipinski definition) is 6. The molecule has 0 saturated carbocycles. The van der Waals surface area contributed by atoms with Gasteiger partial charge in [-0.05, 0) is 56.0 Å². The summed E-state index contributed by atoms with van der Waals surface area (Å²) in [5.41, 5.74) is 0.463. The second-order valence-electron chi connectivity index (χ2n) is 11.0. The van der Waals surface area contributed by atoms with Gasteiger partial charge in [0.05, 0.1) is 24.5 Å². The molecule has 2 bridgehead atoms. The summed E-state index contributed by atoms with van der Waals surface area (Å²) in [7, 11) is 0. The zero-order valence-corrected chi connectivity index (χ0v) is 24.8. The highest BCUT2D eigenvalue weighted by Gasteiger charge is 2.76. The predicted octanol–water partition coefficient (Wildman–Crippen LogP) is 3.64. The van der Waals surface area contributed by atoms with Crippen LogP contribution in [-0.2, 0) is 25.7 Å². The number of likely N-dealkylation sites (tertiary alicyclic amines) is 1. The predicted molar refractivity (Wildman–Crippen MR) is 158 cm³/mol. The molecule has 0 radical (unpaired) electrons. The van der Waals surface area contributed by atoms with E-state index < -0.39 is 29.6 Å². The number of aliphatic hydroxyl groups excluding tert-OH is 1. The number of halogens is 1. The molecule has 0 aromatic heterocycles. The van der Waals surface area contributed by atoms with Crippen molar-refractivity contribution in [1.82, 2.24) is 10.2 Å². The number of alkyl halides is 1. The summed E-state index contributed by atoms with van der Waals surface area (Å²) < 4.78 is 12.1. The van der Waals surface area contributed by atoms with Crippen molar-refractivity contribution in [3.05, 3.63) is 60.2 Å². The summed E-state index contributed by atoms with van der Waals surface area (Å²) in [6.45, 7) is 3.30. The number of ether oxygens (including phenoxy) is 2. The van der Waals surface area contributed by atoms with E-state index in [0.29, 0.717) is 50.4 Å². The van der Waals surface area contributed by atoms with Crippen LogP contribution in [-0.4, -0.2) is 70.1 Å². The smallest absolute Gasteiger partial charge is 0.246 e. The van der Waals surface area contributed by atoms with Crippen molar-refractivity contribution in [2.45, 2.75) is 68.1 Å². The lowest BCUT2D eigenvalue weighted by Gasteiger charge is -2.34. The van der Waals surface area contributed by atoms with E-state index in [4.69, 9.17) is 14.6 Å². The molecule has 6 atom stereocenters. The largest absolute Gasteiger partial charge is 0.494 e. The number of benzene rings is 2. The lowest BCUT2D eigenvalue weighted by molar-refractivity contribution is -0.141. The molecule has 9 nitrogen and oxygen atoms in total. The Kier molecular flexibility index (Phi) is 9.31. The van der Waals surface area contributed by atoms with Gasteiger partial charge >= 0.3 is 0 Å². The Hall–Kier alpha value is -2.95. The molecule has 2 aromatic rings. The van der Waals surface area contributed by atoms with Gasteiger partial charge < -0.3 is 30.1 Å². The van der Waals surface area contributed by atoms with Gasteiger partial charge in [-0.3, -0.25) is 14.4 Å². The minimum atomic E-state index is -1.09. The second kappa shape index (κ2) is 12.9. The SMILES string of the molecule is CCOc1ccc(NC(=O)[C@H]2[C@H]3C(=O)N(CCCCCCO)C(C(=O)NCc4ccccc4)C34CC(Br)[C@@H]2O4)cc1. The molecule has 3 fully saturated rings. The highest BCUT2D eigenvalue weighted by atomic mass is 79.9. The molecule has 5 rings (SSSR count). The van der Waals surface area contributed by atoms with Crippen LogP contribution < -0.4 is 15.4 Å². The number of aliphatic hydroxyl groups is 1. The van der Waals surface area contributed by atoms with Gasteiger partial charge in [0.1, 0.15) is 17.4 Å². The molecule has 41 heavy (non-hydrogen) atoms. The van der Waals surface area contributed by atoms with E-state index in [1.165, 1.54) is 0 Å². The summed E-state index contributed by atoms with van der Waals surface area (Å²) in [6, 6.07) is 15.9. The molecule has 10 heteroatoms. The Morgan fingerprint density at radius 3 is 2.51 bits per heavy atom. The third kappa shape index (κ3) is 5.87. The summed E-state index contributed by atoms with van der Waals surface area (Å²) >= 11 is 3.71. The number of carbonyl (C=O) groups is 3. The number of nitrogens with zero attached hydrogens (tertiary/aromatic N) is 1. The molecule has 220 valence electrons.